The molecule has 21 heavy (non-hydrogen) atoms. The van der Waals surface area contributed by atoms with Crippen molar-refractivity contribution in [3.8, 4) is 5.75 Å². The number of ether oxygens (including phenoxy) is 1. The summed E-state index contributed by atoms with van der Waals surface area (Å²) in [6.45, 7) is 3.27. The van der Waals surface area contributed by atoms with E-state index >= 15 is 0 Å². The molecular weight excluding hydrogens is 282 g/mol. The Kier molecular flexibility index (Phi) is 6.85. The third kappa shape index (κ3) is 4.89. The van der Waals surface area contributed by atoms with E-state index in [-0.39, 0.29) is 0 Å². The molecule has 118 valence electrons. The van der Waals surface area contributed by atoms with Crippen molar-refractivity contribution in [1.82, 2.24) is 5.32 Å². The van der Waals surface area contributed by atoms with Gasteiger partial charge in [-0.05, 0) is 43.0 Å². The Morgan fingerprint density at radius 3 is 2.67 bits per heavy atom. The maximum atomic E-state index is 6.30. The molecule has 2 nitrogen and oxygen atoms in total. The largest absolute Gasteiger partial charge is 0.495 e. The summed E-state index contributed by atoms with van der Waals surface area (Å²) in [6.07, 6.45) is 9.36. The Labute approximate surface area is 134 Å². The van der Waals surface area contributed by atoms with E-state index in [1.807, 2.05) is 6.07 Å². The van der Waals surface area contributed by atoms with Crippen molar-refractivity contribution in [2.75, 3.05) is 13.7 Å². The van der Waals surface area contributed by atoms with Gasteiger partial charge < -0.3 is 10.1 Å². The lowest BCUT2D eigenvalue weighted by molar-refractivity contribution is 0.300. The molecule has 0 radical (unpaired) electrons. The second kappa shape index (κ2) is 8.65. The number of methoxy groups -OCH3 is 1. The van der Waals surface area contributed by atoms with Gasteiger partial charge in [-0.1, -0.05) is 56.7 Å². The molecule has 1 aliphatic rings. The minimum Gasteiger partial charge on any atom is -0.495 e. The maximum Gasteiger partial charge on any atom is 0.137 e. The van der Waals surface area contributed by atoms with E-state index in [2.05, 4.69) is 24.4 Å². The first-order valence-electron chi connectivity index (χ1n) is 8.31. The minimum absolute atomic E-state index is 0.413. The molecule has 0 bridgehead atoms. The van der Waals surface area contributed by atoms with Crippen LogP contribution in [0.3, 0.4) is 0 Å². The number of hydrogen-bond donors (Lipinski definition) is 1. The summed E-state index contributed by atoms with van der Waals surface area (Å²) in [5.41, 5.74) is 1.29. The van der Waals surface area contributed by atoms with Crippen molar-refractivity contribution in [2.45, 2.75) is 57.9 Å². The van der Waals surface area contributed by atoms with Crippen molar-refractivity contribution in [3.63, 3.8) is 0 Å². The minimum atomic E-state index is 0.413. The highest BCUT2D eigenvalue weighted by Crippen LogP contribution is 2.34. The molecule has 1 aromatic carbocycles. The van der Waals surface area contributed by atoms with Gasteiger partial charge >= 0.3 is 0 Å². The number of hydrogen-bond acceptors (Lipinski definition) is 2. The van der Waals surface area contributed by atoms with E-state index in [1.165, 1.54) is 44.1 Å². The van der Waals surface area contributed by atoms with Crippen LogP contribution in [0, 0.1) is 5.92 Å². The standard InChI is InChI=1S/C18H28ClNO/c1-3-11-20-17(12-14-7-5-4-6-8-14)15-9-10-18(21-2)16(19)13-15/h9-10,13-14,17,20H,3-8,11-12H2,1-2H3. The monoisotopic (exact) mass is 309 g/mol. The molecule has 0 aromatic heterocycles. The molecule has 1 atom stereocenters. The van der Waals surface area contributed by atoms with Crippen LogP contribution >= 0.6 is 11.6 Å². The molecule has 0 spiro atoms. The molecule has 3 heteroatoms. The highest BCUT2D eigenvalue weighted by molar-refractivity contribution is 6.32. The topological polar surface area (TPSA) is 21.3 Å². The Morgan fingerprint density at radius 1 is 1.29 bits per heavy atom. The van der Waals surface area contributed by atoms with Gasteiger partial charge in [0.2, 0.25) is 0 Å². The van der Waals surface area contributed by atoms with Crippen molar-refractivity contribution in [3.05, 3.63) is 28.8 Å². The zero-order chi connectivity index (χ0) is 15.1. The van der Waals surface area contributed by atoms with Gasteiger partial charge in [0, 0.05) is 6.04 Å². The fourth-order valence-corrected chi connectivity index (χ4v) is 3.58. The summed E-state index contributed by atoms with van der Waals surface area (Å²) in [4.78, 5) is 0. The lowest BCUT2D eigenvalue weighted by atomic mass is 9.83. The van der Waals surface area contributed by atoms with Crippen LogP contribution in [0.25, 0.3) is 0 Å². The average molecular weight is 310 g/mol. The number of nitrogens with one attached hydrogen (secondary N) is 1. The number of benzene rings is 1. The zero-order valence-corrected chi connectivity index (χ0v) is 14.1. The van der Waals surface area contributed by atoms with Crippen LogP contribution in [0.1, 0.15) is 63.5 Å². The van der Waals surface area contributed by atoms with Crippen LogP contribution in [-0.2, 0) is 0 Å². The van der Waals surface area contributed by atoms with Crippen LogP contribution in [0.4, 0.5) is 0 Å². The molecule has 1 unspecified atom stereocenters. The molecule has 0 amide bonds. The fraction of sp³-hybridized carbons (Fsp3) is 0.667. The van der Waals surface area contributed by atoms with Gasteiger partial charge in [0.15, 0.2) is 0 Å². The SMILES string of the molecule is CCCNC(CC1CCCCC1)c1ccc(OC)c(Cl)c1. The number of rotatable bonds is 7. The highest BCUT2D eigenvalue weighted by Gasteiger charge is 2.20. The van der Waals surface area contributed by atoms with E-state index in [0.29, 0.717) is 11.1 Å². The fourth-order valence-electron chi connectivity index (χ4n) is 3.31. The molecule has 1 saturated carbocycles. The third-order valence-corrected chi connectivity index (χ3v) is 4.81. The van der Waals surface area contributed by atoms with E-state index in [4.69, 9.17) is 16.3 Å². The Balaban J connectivity index is 2.08. The van der Waals surface area contributed by atoms with Gasteiger partial charge in [-0.3, -0.25) is 0 Å². The molecule has 1 aromatic rings. The van der Waals surface area contributed by atoms with Crippen LogP contribution in [0.15, 0.2) is 18.2 Å². The first-order valence-corrected chi connectivity index (χ1v) is 8.69. The average Bonchev–Trinajstić information content (AvgIpc) is 2.52. The molecule has 0 aliphatic heterocycles. The second-order valence-corrected chi connectivity index (χ2v) is 6.55. The van der Waals surface area contributed by atoms with Crippen LogP contribution in [0.2, 0.25) is 5.02 Å². The van der Waals surface area contributed by atoms with Crippen LogP contribution in [0.5, 0.6) is 5.75 Å². The zero-order valence-electron chi connectivity index (χ0n) is 13.3. The lowest BCUT2D eigenvalue weighted by Gasteiger charge is -2.28. The van der Waals surface area contributed by atoms with Gasteiger partial charge in [0.1, 0.15) is 5.75 Å². The van der Waals surface area contributed by atoms with E-state index in [9.17, 15) is 0 Å². The predicted octanol–water partition coefficient (Wildman–Crippen LogP) is 5.36. The Bertz CT molecular complexity index is 429. The first kappa shape index (κ1) is 16.6. The molecule has 1 aliphatic carbocycles. The van der Waals surface area contributed by atoms with Crippen LogP contribution < -0.4 is 10.1 Å². The summed E-state index contributed by atoms with van der Waals surface area (Å²) < 4.78 is 5.26. The quantitative estimate of drug-likeness (QED) is 0.732. The highest BCUT2D eigenvalue weighted by atomic mass is 35.5. The molecular formula is C18H28ClNO. The van der Waals surface area contributed by atoms with E-state index in [0.717, 1.165) is 24.6 Å². The normalized spacial score (nSPS) is 17.7. The molecule has 1 fully saturated rings. The van der Waals surface area contributed by atoms with Crippen molar-refractivity contribution >= 4 is 11.6 Å². The molecule has 0 heterocycles. The lowest BCUT2D eigenvalue weighted by Crippen LogP contribution is -2.25. The third-order valence-electron chi connectivity index (χ3n) is 4.51. The smallest absolute Gasteiger partial charge is 0.137 e. The molecule has 2 rings (SSSR count). The van der Waals surface area contributed by atoms with Crippen molar-refractivity contribution in [1.29, 1.82) is 0 Å². The van der Waals surface area contributed by atoms with Crippen molar-refractivity contribution < 1.29 is 4.74 Å². The van der Waals surface area contributed by atoms with Gasteiger partial charge in [-0.2, -0.15) is 0 Å². The Hall–Kier alpha value is -0.730. The van der Waals surface area contributed by atoms with E-state index < -0.39 is 0 Å². The van der Waals surface area contributed by atoms with Gasteiger partial charge in [-0.25, -0.2) is 0 Å². The van der Waals surface area contributed by atoms with Gasteiger partial charge in [0.05, 0.1) is 12.1 Å². The van der Waals surface area contributed by atoms with Crippen LogP contribution in [-0.4, -0.2) is 13.7 Å². The van der Waals surface area contributed by atoms with Gasteiger partial charge in [0.25, 0.3) is 0 Å². The second-order valence-electron chi connectivity index (χ2n) is 6.14. The molecule has 1 N–H and O–H groups in total. The van der Waals surface area contributed by atoms with Crippen molar-refractivity contribution in [2.24, 2.45) is 5.92 Å². The summed E-state index contributed by atoms with van der Waals surface area (Å²) in [6, 6.07) is 6.62. The van der Waals surface area contributed by atoms with Gasteiger partial charge in [-0.15, -0.1) is 0 Å². The molecule has 0 saturated heterocycles. The predicted molar refractivity (Wildman–Crippen MR) is 90.2 cm³/mol. The summed E-state index contributed by atoms with van der Waals surface area (Å²) in [7, 11) is 1.66. The number of halogens is 1. The summed E-state index contributed by atoms with van der Waals surface area (Å²) in [5.74, 6) is 1.61. The summed E-state index contributed by atoms with van der Waals surface area (Å²) >= 11 is 6.30. The summed E-state index contributed by atoms with van der Waals surface area (Å²) in [5, 5.41) is 4.41. The Morgan fingerprint density at radius 2 is 2.05 bits per heavy atom. The first-order chi connectivity index (χ1) is 10.2. The van der Waals surface area contributed by atoms with E-state index in [1.54, 1.807) is 7.11 Å². The maximum absolute atomic E-state index is 6.30.